The monoisotopic (exact) mass is 153 g/mol. The Kier molecular flexibility index (Phi) is 8.37. The van der Waals surface area contributed by atoms with Gasteiger partial charge in [-0.2, -0.15) is 0 Å². The molecule has 0 rings (SSSR count). The largest absolute Gasteiger partial charge is 0.310 e. The Morgan fingerprint density at radius 1 is 1.18 bits per heavy atom. The van der Waals surface area contributed by atoms with Crippen LogP contribution in [0.4, 0.5) is 0 Å². The first-order valence-corrected chi connectivity index (χ1v) is 3.87. The molecule has 0 aliphatic carbocycles. The van der Waals surface area contributed by atoms with Crippen LogP contribution >= 0.6 is 0 Å². The van der Waals surface area contributed by atoms with Gasteiger partial charge in [0.1, 0.15) is 6.29 Å². The van der Waals surface area contributed by atoms with Gasteiger partial charge in [-0.1, -0.05) is 25.2 Å². The van der Waals surface area contributed by atoms with Gasteiger partial charge in [-0.3, -0.25) is 4.79 Å². The van der Waals surface area contributed by atoms with E-state index in [0.29, 0.717) is 0 Å². The van der Waals surface area contributed by atoms with E-state index in [4.69, 9.17) is 0 Å². The van der Waals surface area contributed by atoms with E-state index < -0.39 is 0 Å². The molecule has 0 saturated carbocycles. The average Bonchev–Trinajstić information content (AvgIpc) is 2.03. The lowest BCUT2D eigenvalue weighted by Crippen LogP contribution is -2.12. The van der Waals surface area contributed by atoms with Crippen molar-refractivity contribution in [3.63, 3.8) is 0 Å². The maximum atomic E-state index is 9.81. The molecule has 0 radical (unpaired) electrons. The van der Waals surface area contributed by atoms with Crippen molar-refractivity contribution in [3.8, 4) is 0 Å². The summed E-state index contributed by atoms with van der Waals surface area (Å²) in [6.45, 7) is 3.73. The summed E-state index contributed by atoms with van der Waals surface area (Å²) in [4.78, 5) is 9.81. The summed E-state index contributed by atoms with van der Waals surface area (Å²) in [6, 6.07) is 0. The Labute approximate surface area is 68.0 Å². The Bertz CT molecular complexity index is 138. The number of allylic oxidation sites excluding steroid dienone is 2. The fourth-order valence-corrected chi connectivity index (χ4v) is 0.624. The first-order valence-electron chi connectivity index (χ1n) is 3.87. The Hall–Kier alpha value is -0.890. The molecular weight excluding hydrogens is 138 g/mol. The maximum Gasteiger partial charge on any atom is 0.142 e. The van der Waals surface area contributed by atoms with Crippen LogP contribution < -0.4 is 5.32 Å². The molecule has 0 aromatic rings. The predicted octanol–water partition coefficient (Wildman–Crippen LogP) is 1.30. The van der Waals surface area contributed by atoms with Crippen LogP contribution in [0.1, 0.15) is 13.3 Å². The van der Waals surface area contributed by atoms with Gasteiger partial charge in [0, 0.05) is 13.1 Å². The molecule has 2 heteroatoms. The average molecular weight is 153 g/mol. The molecule has 0 saturated heterocycles. The van der Waals surface area contributed by atoms with Gasteiger partial charge in [0.25, 0.3) is 0 Å². The van der Waals surface area contributed by atoms with Crippen LogP contribution in [0.25, 0.3) is 0 Å². The van der Waals surface area contributed by atoms with Crippen LogP contribution in [0.15, 0.2) is 24.3 Å². The number of rotatable bonds is 6. The van der Waals surface area contributed by atoms with E-state index in [1.807, 2.05) is 0 Å². The summed E-state index contributed by atoms with van der Waals surface area (Å²) in [7, 11) is 0. The molecule has 0 aromatic carbocycles. The highest BCUT2D eigenvalue weighted by atomic mass is 16.1. The number of carbonyl (C=O) groups excluding carboxylic acids is 1. The second kappa shape index (κ2) is 9.11. The third kappa shape index (κ3) is 9.11. The van der Waals surface area contributed by atoms with Crippen LogP contribution in [0.2, 0.25) is 0 Å². The molecule has 0 aliphatic heterocycles. The van der Waals surface area contributed by atoms with Gasteiger partial charge < -0.3 is 5.32 Å². The normalized spacial score (nSPS) is 11.4. The third-order valence-corrected chi connectivity index (χ3v) is 1.14. The third-order valence-electron chi connectivity index (χ3n) is 1.14. The highest BCUT2D eigenvalue weighted by Crippen LogP contribution is 1.76. The van der Waals surface area contributed by atoms with Gasteiger partial charge in [0.05, 0.1) is 0 Å². The maximum absolute atomic E-state index is 9.81. The zero-order valence-electron chi connectivity index (χ0n) is 6.92. The zero-order chi connectivity index (χ0) is 8.36. The molecule has 62 valence electrons. The molecule has 0 aromatic heterocycles. The summed E-state index contributed by atoms with van der Waals surface area (Å²) >= 11 is 0. The molecule has 0 amide bonds. The first kappa shape index (κ1) is 10.1. The van der Waals surface area contributed by atoms with E-state index in [2.05, 4.69) is 24.4 Å². The van der Waals surface area contributed by atoms with Crippen molar-refractivity contribution in [1.29, 1.82) is 0 Å². The second-order valence-electron chi connectivity index (χ2n) is 2.10. The molecular formula is C9H15NO. The second-order valence-corrected chi connectivity index (χ2v) is 2.10. The minimum Gasteiger partial charge on any atom is -0.310 e. The lowest BCUT2D eigenvalue weighted by Gasteiger charge is -1.92. The van der Waals surface area contributed by atoms with Gasteiger partial charge in [-0.05, 0) is 12.5 Å². The number of nitrogens with one attached hydrogen (secondary N) is 1. The molecule has 0 bridgehead atoms. The van der Waals surface area contributed by atoms with Crippen molar-refractivity contribution in [3.05, 3.63) is 24.3 Å². The first-order chi connectivity index (χ1) is 5.41. The van der Waals surface area contributed by atoms with Crippen LogP contribution in [0.5, 0.6) is 0 Å². The minimum atomic E-state index is 0.757. The quantitative estimate of drug-likeness (QED) is 0.270. The van der Waals surface area contributed by atoms with Crippen LogP contribution in [0.3, 0.4) is 0 Å². The van der Waals surface area contributed by atoms with Gasteiger partial charge in [-0.25, -0.2) is 0 Å². The molecule has 0 spiro atoms. The van der Waals surface area contributed by atoms with Crippen molar-refractivity contribution < 1.29 is 4.79 Å². The van der Waals surface area contributed by atoms with Crippen molar-refractivity contribution >= 4 is 6.29 Å². The summed E-state index contributed by atoms with van der Waals surface area (Å²) < 4.78 is 0. The summed E-state index contributed by atoms with van der Waals surface area (Å²) in [5.41, 5.74) is 0. The van der Waals surface area contributed by atoms with Crippen LogP contribution in [-0.4, -0.2) is 19.4 Å². The molecule has 0 aliphatic rings. The zero-order valence-corrected chi connectivity index (χ0v) is 6.92. The predicted molar refractivity (Wildman–Crippen MR) is 47.5 cm³/mol. The van der Waals surface area contributed by atoms with E-state index in [1.165, 1.54) is 6.08 Å². The highest BCUT2D eigenvalue weighted by molar-refractivity contribution is 5.64. The lowest BCUT2D eigenvalue weighted by molar-refractivity contribution is -0.104. The summed E-state index contributed by atoms with van der Waals surface area (Å²) in [5.74, 6) is 0. The standard InChI is InChI=1S/C9H15NO/c1-2-3-4-7-10-8-5-6-9-11/h3-6,9-10H,2,7-8H2,1H3/b4-3-,6-5+. The lowest BCUT2D eigenvalue weighted by atomic mass is 10.4. The smallest absolute Gasteiger partial charge is 0.142 e. The van der Waals surface area contributed by atoms with Gasteiger partial charge in [0.15, 0.2) is 0 Å². The van der Waals surface area contributed by atoms with Gasteiger partial charge in [-0.15, -0.1) is 0 Å². The molecule has 2 nitrogen and oxygen atoms in total. The fourth-order valence-electron chi connectivity index (χ4n) is 0.624. The van der Waals surface area contributed by atoms with Crippen LogP contribution in [-0.2, 0) is 4.79 Å². The van der Waals surface area contributed by atoms with Gasteiger partial charge in [0.2, 0.25) is 0 Å². The highest BCUT2D eigenvalue weighted by Gasteiger charge is 1.75. The Balaban J connectivity index is 3.08. The molecule has 0 fully saturated rings. The van der Waals surface area contributed by atoms with Gasteiger partial charge >= 0.3 is 0 Å². The summed E-state index contributed by atoms with van der Waals surface area (Å²) in [6.07, 6.45) is 9.34. The molecule has 0 atom stereocenters. The number of aldehydes is 1. The number of hydrogen-bond donors (Lipinski definition) is 1. The summed E-state index contributed by atoms with van der Waals surface area (Å²) in [5, 5.41) is 3.12. The van der Waals surface area contributed by atoms with E-state index in [0.717, 1.165) is 25.8 Å². The molecule has 11 heavy (non-hydrogen) atoms. The Morgan fingerprint density at radius 3 is 2.55 bits per heavy atom. The van der Waals surface area contributed by atoms with Crippen molar-refractivity contribution in [2.24, 2.45) is 0 Å². The van der Waals surface area contributed by atoms with E-state index in [1.54, 1.807) is 6.08 Å². The number of hydrogen-bond acceptors (Lipinski definition) is 2. The minimum absolute atomic E-state index is 0.757. The number of carbonyl (C=O) groups is 1. The van der Waals surface area contributed by atoms with E-state index in [9.17, 15) is 4.79 Å². The SMILES string of the molecule is CC/C=C\CNC/C=C/C=O. The molecule has 0 unspecified atom stereocenters. The Morgan fingerprint density at radius 2 is 1.91 bits per heavy atom. The topological polar surface area (TPSA) is 29.1 Å². The van der Waals surface area contributed by atoms with E-state index >= 15 is 0 Å². The molecule has 0 heterocycles. The van der Waals surface area contributed by atoms with Crippen molar-refractivity contribution in [2.45, 2.75) is 13.3 Å². The van der Waals surface area contributed by atoms with Crippen molar-refractivity contribution in [1.82, 2.24) is 5.32 Å². The van der Waals surface area contributed by atoms with Crippen molar-refractivity contribution in [2.75, 3.05) is 13.1 Å². The molecule has 1 N–H and O–H groups in total. The van der Waals surface area contributed by atoms with E-state index in [-0.39, 0.29) is 0 Å². The fraction of sp³-hybridized carbons (Fsp3) is 0.444. The van der Waals surface area contributed by atoms with Crippen LogP contribution in [0, 0.1) is 0 Å².